The van der Waals surface area contributed by atoms with Crippen molar-refractivity contribution in [1.82, 2.24) is 4.31 Å². The summed E-state index contributed by atoms with van der Waals surface area (Å²) in [5.74, 6) is -2.50. The third-order valence-corrected chi connectivity index (χ3v) is 5.70. The molecule has 2 aromatic rings. The summed E-state index contributed by atoms with van der Waals surface area (Å²) in [7, 11) is -3.95. The first-order valence-electron chi connectivity index (χ1n) is 7.58. The maximum absolute atomic E-state index is 12.4. The number of nitrogens with one attached hydrogen (secondary N) is 1. The van der Waals surface area contributed by atoms with Crippen molar-refractivity contribution in [3.05, 3.63) is 59.7 Å². The number of carboxylic acid groups (broad SMARTS) is 1. The van der Waals surface area contributed by atoms with Gasteiger partial charge in [-0.05, 0) is 29.8 Å². The molecule has 26 heavy (non-hydrogen) atoms. The minimum Gasteiger partial charge on any atom is -0.545 e. The lowest BCUT2D eigenvalue weighted by atomic mass is 10.2. The maximum atomic E-state index is 12.4. The molecule has 0 fully saturated rings. The summed E-state index contributed by atoms with van der Waals surface area (Å²) in [6.45, 7) is -0.293. The first kappa shape index (κ1) is 17.6. The first-order valence-corrected chi connectivity index (χ1v) is 9.02. The molecule has 0 saturated heterocycles. The molecular weight excluding hydrogens is 360 g/mol. The molecular formula is C17H13N2O6S-. The highest BCUT2D eigenvalue weighted by Crippen LogP contribution is 2.29. The highest BCUT2D eigenvalue weighted by molar-refractivity contribution is 7.90. The van der Waals surface area contributed by atoms with Crippen molar-refractivity contribution in [3.8, 4) is 0 Å². The van der Waals surface area contributed by atoms with Crippen molar-refractivity contribution in [2.75, 3.05) is 11.9 Å². The van der Waals surface area contributed by atoms with Gasteiger partial charge in [0.05, 0.1) is 11.5 Å². The Morgan fingerprint density at radius 2 is 1.69 bits per heavy atom. The number of aromatic carboxylic acids is 1. The lowest BCUT2D eigenvalue weighted by molar-refractivity contribution is -0.255. The van der Waals surface area contributed by atoms with Crippen molar-refractivity contribution >= 4 is 33.5 Å². The largest absolute Gasteiger partial charge is 0.545 e. The molecule has 9 heteroatoms. The Morgan fingerprint density at radius 1 is 1.04 bits per heavy atom. The van der Waals surface area contributed by atoms with Crippen molar-refractivity contribution < 1.29 is 27.9 Å². The number of fused-ring (bicyclic) bond motifs is 1. The Labute approximate surface area is 149 Å². The molecule has 1 aliphatic rings. The predicted octanol–water partition coefficient (Wildman–Crippen LogP) is 0.223. The number of carbonyl (C=O) groups is 3. The molecule has 3 rings (SSSR count). The van der Waals surface area contributed by atoms with Crippen LogP contribution in [0.25, 0.3) is 0 Å². The van der Waals surface area contributed by atoms with Crippen LogP contribution in [0.3, 0.4) is 0 Å². The van der Waals surface area contributed by atoms with Crippen LogP contribution >= 0.6 is 0 Å². The molecule has 134 valence electrons. The second-order valence-corrected chi connectivity index (χ2v) is 7.37. The Kier molecular flexibility index (Phi) is 4.47. The molecule has 2 aromatic carbocycles. The number of sulfonamides is 1. The molecule has 2 amide bonds. The van der Waals surface area contributed by atoms with Crippen LogP contribution in [-0.4, -0.2) is 37.1 Å². The highest BCUT2D eigenvalue weighted by atomic mass is 32.2. The Morgan fingerprint density at radius 3 is 2.31 bits per heavy atom. The van der Waals surface area contributed by atoms with Crippen LogP contribution in [0.15, 0.2) is 53.4 Å². The van der Waals surface area contributed by atoms with E-state index in [-0.39, 0.29) is 29.0 Å². The van der Waals surface area contributed by atoms with Gasteiger partial charge >= 0.3 is 0 Å². The van der Waals surface area contributed by atoms with Gasteiger partial charge < -0.3 is 15.2 Å². The molecule has 0 atom stereocenters. The van der Waals surface area contributed by atoms with E-state index in [1.807, 2.05) is 0 Å². The Hall–Kier alpha value is -3.20. The third-order valence-electron chi connectivity index (χ3n) is 3.86. The summed E-state index contributed by atoms with van der Waals surface area (Å²) in [5.41, 5.74) is 0.402. The zero-order chi connectivity index (χ0) is 18.9. The normalized spacial score (nSPS) is 14.8. The van der Waals surface area contributed by atoms with Gasteiger partial charge in [0.2, 0.25) is 5.91 Å². The number of carbonyl (C=O) groups excluding carboxylic acids is 3. The topological polar surface area (TPSA) is 124 Å². The van der Waals surface area contributed by atoms with Gasteiger partial charge in [-0.1, -0.05) is 24.3 Å². The van der Waals surface area contributed by atoms with Crippen LogP contribution in [0.4, 0.5) is 5.69 Å². The van der Waals surface area contributed by atoms with E-state index in [1.165, 1.54) is 42.5 Å². The average Bonchev–Trinajstić information content (AvgIpc) is 2.80. The number of amides is 2. The fourth-order valence-corrected chi connectivity index (χ4v) is 4.14. The number of rotatable bonds is 5. The molecule has 0 bridgehead atoms. The molecule has 0 spiro atoms. The van der Waals surface area contributed by atoms with E-state index < -0.39 is 27.8 Å². The van der Waals surface area contributed by atoms with Crippen LogP contribution < -0.4 is 10.4 Å². The lowest BCUT2D eigenvalue weighted by Crippen LogP contribution is -2.33. The minimum atomic E-state index is -3.95. The van der Waals surface area contributed by atoms with Crippen LogP contribution in [-0.2, 0) is 14.8 Å². The standard InChI is InChI=1S/C17H14N2O6S/c20-15(18-12-7-5-11(6-8-12)17(22)23)9-10-19-16(21)13-3-1-2-4-14(13)26(19,24)25/h1-8H,9-10H2,(H,18,20)(H,22,23)/p-1. The van der Waals surface area contributed by atoms with Crippen molar-refractivity contribution in [1.29, 1.82) is 0 Å². The summed E-state index contributed by atoms with van der Waals surface area (Å²) >= 11 is 0. The third kappa shape index (κ3) is 3.16. The van der Waals surface area contributed by atoms with E-state index in [1.54, 1.807) is 6.07 Å². The zero-order valence-electron chi connectivity index (χ0n) is 13.3. The van der Waals surface area contributed by atoms with Gasteiger partial charge in [0.1, 0.15) is 4.90 Å². The summed E-state index contributed by atoms with van der Waals surface area (Å²) in [4.78, 5) is 34.9. The van der Waals surface area contributed by atoms with E-state index >= 15 is 0 Å². The van der Waals surface area contributed by atoms with E-state index in [0.717, 1.165) is 0 Å². The predicted molar refractivity (Wildman–Crippen MR) is 88.7 cm³/mol. The molecule has 0 saturated carbocycles. The maximum Gasteiger partial charge on any atom is 0.269 e. The molecule has 0 unspecified atom stereocenters. The Balaban J connectivity index is 1.65. The second-order valence-electron chi connectivity index (χ2n) is 5.54. The zero-order valence-corrected chi connectivity index (χ0v) is 14.2. The average molecular weight is 373 g/mol. The highest BCUT2D eigenvalue weighted by Gasteiger charge is 2.40. The monoisotopic (exact) mass is 373 g/mol. The van der Waals surface area contributed by atoms with Crippen molar-refractivity contribution in [2.24, 2.45) is 0 Å². The lowest BCUT2D eigenvalue weighted by Gasteiger charge is -2.14. The van der Waals surface area contributed by atoms with Crippen LogP contribution in [0.1, 0.15) is 27.1 Å². The molecule has 1 heterocycles. The minimum absolute atomic E-state index is 0.0329. The van der Waals surface area contributed by atoms with Crippen LogP contribution in [0, 0.1) is 0 Å². The number of anilines is 1. The Bertz CT molecular complexity index is 998. The smallest absolute Gasteiger partial charge is 0.269 e. The molecule has 1 N–H and O–H groups in total. The first-order chi connectivity index (χ1) is 12.3. The SMILES string of the molecule is O=C(CCN1C(=O)c2ccccc2S1(=O)=O)Nc1ccc(C(=O)[O-])cc1. The van der Waals surface area contributed by atoms with Gasteiger partial charge in [0.15, 0.2) is 0 Å². The number of nitrogens with zero attached hydrogens (tertiary/aromatic N) is 1. The summed E-state index contributed by atoms with van der Waals surface area (Å²) in [6, 6.07) is 11.2. The summed E-state index contributed by atoms with van der Waals surface area (Å²) < 4.78 is 25.4. The van der Waals surface area contributed by atoms with Gasteiger partial charge in [-0.2, -0.15) is 0 Å². The number of hydrogen-bond donors (Lipinski definition) is 1. The number of hydrogen-bond acceptors (Lipinski definition) is 6. The summed E-state index contributed by atoms with van der Waals surface area (Å²) in [5, 5.41) is 13.2. The molecule has 1 aliphatic heterocycles. The second kappa shape index (κ2) is 6.60. The molecule has 0 aromatic heterocycles. The number of carboxylic acids is 1. The van der Waals surface area contributed by atoms with Gasteiger partial charge in [0.25, 0.3) is 15.9 Å². The van der Waals surface area contributed by atoms with Crippen molar-refractivity contribution in [2.45, 2.75) is 11.3 Å². The molecule has 0 aliphatic carbocycles. The van der Waals surface area contributed by atoms with Crippen LogP contribution in [0.5, 0.6) is 0 Å². The van der Waals surface area contributed by atoms with E-state index in [9.17, 15) is 27.9 Å². The van der Waals surface area contributed by atoms with Crippen molar-refractivity contribution in [3.63, 3.8) is 0 Å². The van der Waals surface area contributed by atoms with Crippen LogP contribution in [0.2, 0.25) is 0 Å². The van der Waals surface area contributed by atoms with Gasteiger partial charge in [-0.3, -0.25) is 9.59 Å². The molecule has 8 nitrogen and oxygen atoms in total. The fraction of sp³-hybridized carbons (Fsp3) is 0.118. The quantitative estimate of drug-likeness (QED) is 0.800. The summed E-state index contributed by atoms with van der Waals surface area (Å²) in [6.07, 6.45) is -0.235. The number of benzene rings is 2. The van der Waals surface area contributed by atoms with Gasteiger partial charge in [0, 0.05) is 18.7 Å². The van der Waals surface area contributed by atoms with E-state index in [0.29, 0.717) is 9.99 Å². The fourth-order valence-electron chi connectivity index (χ4n) is 2.57. The van der Waals surface area contributed by atoms with Gasteiger partial charge in [-0.25, -0.2) is 12.7 Å². The van der Waals surface area contributed by atoms with Gasteiger partial charge in [-0.15, -0.1) is 0 Å². The van der Waals surface area contributed by atoms with E-state index in [4.69, 9.17) is 0 Å². The molecule has 0 radical (unpaired) electrons. The van der Waals surface area contributed by atoms with E-state index in [2.05, 4.69) is 5.32 Å².